The lowest BCUT2D eigenvalue weighted by molar-refractivity contribution is 0.142. The number of aliphatic hydroxyl groups is 1. The van der Waals surface area contributed by atoms with E-state index in [4.69, 9.17) is 10.8 Å². The highest BCUT2D eigenvalue weighted by molar-refractivity contribution is 5.24. The van der Waals surface area contributed by atoms with Crippen LogP contribution in [0.25, 0.3) is 0 Å². The van der Waals surface area contributed by atoms with Gasteiger partial charge in [-0.15, -0.1) is 0 Å². The third-order valence-corrected chi connectivity index (χ3v) is 3.80. The highest BCUT2D eigenvalue weighted by Crippen LogP contribution is 2.21. The van der Waals surface area contributed by atoms with Crippen LogP contribution in [-0.4, -0.2) is 29.7 Å². The molecule has 0 aliphatic carbocycles. The first-order chi connectivity index (χ1) is 9.21. The summed E-state index contributed by atoms with van der Waals surface area (Å²) in [6.07, 6.45) is 3.21. The highest BCUT2D eigenvalue weighted by atomic mass is 19.1. The number of nitrogens with two attached hydrogens (primary N) is 1. The van der Waals surface area contributed by atoms with E-state index < -0.39 is 0 Å². The second-order valence-electron chi connectivity index (χ2n) is 5.43. The van der Waals surface area contributed by atoms with E-state index in [1.165, 1.54) is 12.5 Å². The first kappa shape index (κ1) is 14.4. The molecule has 0 bridgehead atoms. The van der Waals surface area contributed by atoms with Gasteiger partial charge in [0, 0.05) is 26.2 Å². The predicted molar refractivity (Wildman–Crippen MR) is 74.0 cm³/mol. The van der Waals surface area contributed by atoms with Crippen molar-refractivity contribution < 1.29 is 9.50 Å². The van der Waals surface area contributed by atoms with E-state index in [-0.39, 0.29) is 12.4 Å². The van der Waals surface area contributed by atoms with Crippen LogP contribution < -0.4 is 5.73 Å². The van der Waals surface area contributed by atoms with Crippen LogP contribution in [0.1, 0.15) is 30.4 Å². The van der Waals surface area contributed by atoms with E-state index >= 15 is 0 Å². The van der Waals surface area contributed by atoms with Gasteiger partial charge in [0.05, 0.1) is 0 Å². The van der Waals surface area contributed by atoms with Gasteiger partial charge in [-0.25, -0.2) is 4.39 Å². The molecule has 19 heavy (non-hydrogen) atoms. The number of hydrogen-bond donors (Lipinski definition) is 2. The maximum Gasteiger partial charge on any atom is 0.123 e. The number of piperidine rings is 1. The normalized spacial score (nSPS) is 20.7. The number of hydrogen-bond acceptors (Lipinski definition) is 3. The quantitative estimate of drug-likeness (QED) is 0.855. The summed E-state index contributed by atoms with van der Waals surface area (Å²) in [5, 5.41) is 9.02. The lowest BCUT2D eigenvalue weighted by atomic mass is 9.95. The van der Waals surface area contributed by atoms with Crippen molar-refractivity contribution in [3.05, 3.63) is 35.1 Å². The summed E-state index contributed by atoms with van der Waals surface area (Å²) in [7, 11) is 0. The largest absolute Gasteiger partial charge is 0.396 e. The Morgan fingerprint density at radius 1 is 1.32 bits per heavy atom. The summed E-state index contributed by atoms with van der Waals surface area (Å²) in [4.78, 5) is 2.35. The van der Waals surface area contributed by atoms with Gasteiger partial charge >= 0.3 is 0 Å². The number of likely N-dealkylation sites (tertiary alicyclic amines) is 1. The van der Waals surface area contributed by atoms with Crippen LogP contribution in [0.15, 0.2) is 18.2 Å². The van der Waals surface area contributed by atoms with Gasteiger partial charge in [-0.1, -0.05) is 6.07 Å². The minimum atomic E-state index is -0.207. The molecule has 0 radical (unpaired) electrons. The number of rotatable bonds is 5. The molecule has 4 heteroatoms. The van der Waals surface area contributed by atoms with Gasteiger partial charge in [-0.2, -0.15) is 0 Å². The van der Waals surface area contributed by atoms with Crippen LogP contribution in [0.3, 0.4) is 0 Å². The minimum absolute atomic E-state index is 0.207. The van der Waals surface area contributed by atoms with Crippen LogP contribution in [0, 0.1) is 11.7 Å². The summed E-state index contributed by atoms with van der Waals surface area (Å²) in [5.74, 6) is 0.364. The predicted octanol–water partition coefficient (Wildman–Crippen LogP) is 1.88. The van der Waals surface area contributed by atoms with Crippen molar-refractivity contribution in [1.82, 2.24) is 4.90 Å². The van der Waals surface area contributed by atoms with Crippen molar-refractivity contribution in [1.29, 1.82) is 0 Å². The van der Waals surface area contributed by atoms with E-state index in [0.29, 0.717) is 12.5 Å². The topological polar surface area (TPSA) is 49.5 Å². The molecular formula is C15H23FN2O. The molecule has 2 rings (SSSR count). The number of nitrogens with zero attached hydrogens (tertiary/aromatic N) is 1. The zero-order valence-electron chi connectivity index (χ0n) is 11.3. The van der Waals surface area contributed by atoms with Gasteiger partial charge in [-0.05, 0) is 55.0 Å². The smallest absolute Gasteiger partial charge is 0.123 e. The summed E-state index contributed by atoms with van der Waals surface area (Å²) in [5.41, 5.74) is 7.41. The van der Waals surface area contributed by atoms with Gasteiger partial charge in [0.25, 0.3) is 0 Å². The van der Waals surface area contributed by atoms with Crippen molar-refractivity contribution in [3.8, 4) is 0 Å². The molecule has 1 aliphatic rings. The van der Waals surface area contributed by atoms with Crippen LogP contribution >= 0.6 is 0 Å². The van der Waals surface area contributed by atoms with E-state index in [9.17, 15) is 4.39 Å². The molecule has 106 valence electrons. The molecule has 0 aromatic heterocycles. The Labute approximate surface area is 114 Å². The summed E-state index contributed by atoms with van der Waals surface area (Å²) >= 11 is 0. The summed E-state index contributed by atoms with van der Waals surface area (Å²) in [6.45, 7) is 3.45. The molecule has 1 unspecified atom stereocenters. The first-order valence-corrected chi connectivity index (χ1v) is 7.03. The zero-order chi connectivity index (χ0) is 13.7. The second-order valence-corrected chi connectivity index (χ2v) is 5.43. The van der Waals surface area contributed by atoms with Crippen molar-refractivity contribution in [2.75, 3.05) is 19.7 Å². The molecule has 1 heterocycles. The number of benzene rings is 1. The average molecular weight is 266 g/mol. The lowest BCUT2D eigenvalue weighted by Crippen LogP contribution is -2.35. The average Bonchev–Trinajstić information content (AvgIpc) is 2.39. The summed E-state index contributed by atoms with van der Waals surface area (Å²) < 4.78 is 13.5. The number of halogens is 1. The van der Waals surface area contributed by atoms with Gasteiger partial charge < -0.3 is 10.8 Å². The molecule has 1 aromatic carbocycles. The molecule has 3 nitrogen and oxygen atoms in total. The van der Waals surface area contributed by atoms with Gasteiger partial charge in [0.2, 0.25) is 0 Å². The Morgan fingerprint density at radius 2 is 2.11 bits per heavy atom. The monoisotopic (exact) mass is 266 g/mol. The minimum Gasteiger partial charge on any atom is -0.396 e. The fraction of sp³-hybridized carbons (Fsp3) is 0.600. The van der Waals surface area contributed by atoms with Crippen LogP contribution in [0.5, 0.6) is 0 Å². The molecular weight excluding hydrogens is 243 g/mol. The SMILES string of the molecule is NCc1cc(F)cc(CN2CCCC(CCO)C2)c1. The molecule has 0 amide bonds. The van der Waals surface area contributed by atoms with E-state index in [2.05, 4.69) is 4.90 Å². The maximum absolute atomic E-state index is 13.5. The molecule has 3 N–H and O–H groups in total. The van der Waals surface area contributed by atoms with E-state index in [1.807, 2.05) is 6.07 Å². The Balaban J connectivity index is 1.98. The lowest BCUT2D eigenvalue weighted by Gasteiger charge is -2.32. The molecule has 1 atom stereocenters. The maximum atomic E-state index is 13.5. The third-order valence-electron chi connectivity index (χ3n) is 3.80. The second kappa shape index (κ2) is 6.98. The molecule has 1 saturated heterocycles. The first-order valence-electron chi connectivity index (χ1n) is 7.03. The van der Waals surface area contributed by atoms with Gasteiger partial charge in [0.15, 0.2) is 0 Å². The number of aliphatic hydroxyl groups excluding tert-OH is 1. The Kier molecular flexibility index (Phi) is 5.31. The van der Waals surface area contributed by atoms with E-state index in [1.54, 1.807) is 6.07 Å². The van der Waals surface area contributed by atoms with Crippen LogP contribution in [0.4, 0.5) is 4.39 Å². The third kappa shape index (κ3) is 4.27. The zero-order valence-corrected chi connectivity index (χ0v) is 11.3. The molecule has 0 spiro atoms. The highest BCUT2D eigenvalue weighted by Gasteiger charge is 2.19. The van der Waals surface area contributed by atoms with Gasteiger partial charge in [-0.3, -0.25) is 4.90 Å². The standard InChI is InChI=1S/C15H23FN2O/c16-15-7-13(9-17)6-14(8-15)11-18-4-1-2-12(10-18)3-5-19/h6-8,12,19H,1-5,9-11,17H2. The Bertz CT molecular complexity index is 409. The van der Waals surface area contributed by atoms with Gasteiger partial charge in [0.1, 0.15) is 5.82 Å². The van der Waals surface area contributed by atoms with Crippen molar-refractivity contribution in [2.45, 2.75) is 32.4 Å². The molecule has 1 fully saturated rings. The molecule has 1 aromatic rings. The van der Waals surface area contributed by atoms with Crippen LogP contribution in [0.2, 0.25) is 0 Å². The molecule has 1 aliphatic heterocycles. The summed E-state index contributed by atoms with van der Waals surface area (Å²) in [6, 6.07) is 5.07. The Hall–Kier alpha value is -0.970. The Morgan fingerprint density at radius 3 is 2.84 bits per heavy atom. The van der Waals surface area contributed by atoms with Crippen LogP contribution in [-0.2, 0) is 13.1 Å². The molecule has 0 saturated carbocycles. The fourth-order valence-electron chi connectivity index (χ4n) is 2.90. The van der Waals surface area contributed by atoms with Crippen molar-refractivity contribution in [3.63, 3.8) is 0 Å². The van der Waals surface area contributed by atoms with E-state index in [0.717, 1.165) is 43.6 Å². The van der Waals surface area contributed by atoms with Crippen molar-refractivity contribution >= 4 is 0 Å². The van der Waals surface area contributed by atoms with Crippen molar-refractivity contribution in [2.24, 2.45) is 11.7 Å². The fourth-order valence-corrected chi connectivity index (χ4v) is 2.90.